The van der Waals surface area contributed by atoms with E-state index in [2.05, 4.69) is 37.6 Å². The van der Waals surface area contributed by atoms with Crippen molar-refractivity contribution in [3.8, 4) is 11.3 Å². The summed E-state index contributed by atoms with van der Waals surface area (Å²) < 4.78 is 22.2. The van der Waals surface area contributed by atoms with E-state index in [1.165, 1.54) is 6.07 Å². The first-order chi connectivity index (χ1) is 17.1. The number of para-hydroxylation sites is 1. The predicted octanol–water partition coefficient (Wildman–Crippen LogP) is 3.50. The van der Waals surface area contributed by atoms with Crippen LogP contribution in [-0.2, 0) is 4.79 Å². The second-order valence-corrected chi connectivity index (χ2v) is 8.26. The molecule has 9 heteroatoms. The number of carbonyl (C=O) groups is 2. The van der Waals surface area contributed by atoms with E-state index in [-0.39, 0.29) is 35.1 Å². The number of anilines is 4. The van der Waals surface area contributed by atoms with E-state index in [0.717, 1.165) is 35.3 Å². The van der Waals surface area contributed by atoms with Gasteiger partial charge in [0.05, 0.1) is 28.8 Å². The van der Waals surface area contributed by atoms with Gasteiger partial charge >= 0.3 is 0 Å². The quantitative estimate of drug-likeness (QED) is 0.550. The number of rotatable bonds is 5. The van der Waals surface area contributed by atoms with Gasteiger partial charge in [-0.05, 0) is 31.9 Å². The normalized spacial score (nSPS) is 18.2. The van der Waals surface area contributed by atoms with Crippen molar-refractivity contribution in [2.75, 3.05) is 29.6 Å². The molecule has 3 aromatic rings. The first kappa shape index (κ1) is 17.5. The molecule has 9 nitrogen and oxygen atoms in total. The Kier molecular flexibility index (Phi) is 4.34. The number of pyridine rings is 1. The highest BCUT2D eigenvalue weighted by Gasteiger charge is 2.31. The van der Waals surface area contributed by atoms with Crippen molar-refractivity contribution < 1.29 is 13.7 Å². The second kappa shape index (κ2) is 8.16. The molecule has 1 saturated carbocycles. The molecule has 3 heterocycles. The van der Waals surface area contributed by atoms with Crippen LogP contribution in [0, 0.1) is 5.92 Å². The maximum atomic E-state index is 12.8. The van der Waals surface area contributed by atoms with Crippen molar-refractivity contribution in [1.82, 2.24) is 20.5 Å². The third-order valence-corrected chi connectivity index (χ3v) is 6.11. The molecule has 3 N–H and O–H groups in total. The Morgan fingerprint density at radius 2 is 2.00 bits per heavy atom. The molecule has 1 atom stereocenters. The lowest BCUT2D eigenvalue weighted by Gasteiger charge is -2.36. The largest absolute Gasteiger partial charge is 0.366 e. The Balaban J connectivity index is 1.57. The Morgan fingerprint density at radius 3 is 2.79 bits per heavy atom. The van der Waals surface area contributed by atoms with E-state index >= 15 is 0 Å². The number of benzene rings is 1. The van der Waals surface area contributed by atoms with Crippen molar-refractivity contribution >= 4 is 34.7 Å². The summed E-state index contributed by atoms with van der Waals surface area (Å²) in [7, 11) is 1.97. The maximum Gasteiger partial charge on any atom is 0.273 e. The molecule has 2 amide bonds. The molecule has 0 saturated heterocycles. The summed E-state index contributed by atoms with van der Waals surface area (Å²) in [5.74, 6) is -0.962. The number of amides is 2. The third kappa shape index (κ3) is 3.75. The van der Waals surface area contributed by atoms with E-state index in [1.54, 1.807) is 6.20 Å². The Morgan fingerprint density at radius 1 is 1.15 bits per heavy atom. The van der Waals surface area contributed by atoms with Gasteiger partial charge in [-0.1, -0.05) is 18.2 Å². The minimum atomic E-state index is -2.70. The lowest BCUT2D eigenvalue weighted by molar-refractivity contribution is -0.117. The van der Waals surface area contributed by atoms with Crippen LogP contribution in [0.15, 0.2) is 42.6 Å². The smallest absolute Gasteiger partial charge is 0.273 e. The number of carbonyl (C=O) groups excluding carboxylic acids is 2. The SMILES string of the molecule is [2H]C([2H])([2H])NC(=O)c1nnc(NC(=O)C2CC2)cc1Nc1cccc2c1N(C)[C@H](C)c1cccnc1-2. The average molecular weight is 447 g/mol. The molecule has 1 aromatic carbocycles. The van der Waals surface area contributed by atoms with Crippen LogP contribution in [0.3, 0.4) is 0 Å². The van der Waals surface area contributed by atoms with Crippen LogP contribution < -0.4 is 20.9 Å². The van der Waals surface area contributed by atoms with Crippen molar-refractivity contribution in [2.45, 2.75) is 25.8 Å². The van der Waals surface area contributed by atoms with E-state index in [1.807, 2.05) is 42.7 Å². The summed E-state index contributed by atoms with van der Waals surface area (Å²) in [6.07, 6.45) is 3.39. The molecule has 0 unspecified atom stereocenters. The molecule has 168 valence electrons. The molecule has 2 aliphatic rings. The molecule has 5 rings (SSSR count). The van der Waals surface area contributed by atoms with Gasteiger partial charge < -0.3 is 20.9 Å². The second-order valence-electron chi connectivity index (χ2n) is 8.26. The summed E-state index contributed by atoms with van der Waals surface area (Å²) in [6.45, 7) is -0.624. The molecule has 1 aliphatic carbocycles. The van der Waals surface area contributed by atoms with Gasteiger partial charge in [-0.25, -0.2) is 0 Å². The van der Waals surface area contributed by atoms with Gasteiger partial charge in [-0.2, -0.15) is 0 Å². The Hall–Kier alpha value is -4.01. The van der Waals surface area contributed by atoms with Crippen LogP contribution in [0.1, 0.15) is 46.0 Å². The molecule has 0 spiro atoms. The predicted molar refractivity (Wildman–Crippen MR) is 127 cm³/mol. The van der Waals surface area contributed by atoms with Crippen molar-refractivity contribution in [1.29, 1.82) is 0 Å². The van der Waals surface area contributed by atoms with Crippen molar-refractivity contribution in [3.63, 3.8) is 0 Å². The van der Waals surface area contributed by atoms with Crippen LogP contribution in [-0.4, -0.2) is 41.0 Å². The molecule has 1 aliphatic heterocycles. The molecule has 2 aromatic heterocycles. The van der Waals surface area contributed by atoms with Crippen molar-refractivity contribution in [2.24, 2.45) is 5.92 Å². The first-order valence-electron chi connectivity index (χ1n) is 12.2. The minimum Gasteiger partial charge on any atom is -0.366 e. The molecule has 0 bridgehead atoms. The molecular formula is C24H25N7O2. The lowest BCUT2D eigenvalue weighted by atomic mass is 9.92. The summed E-state index contributed by atoms with van der Waals surface area (Å²) in [4.78, 5) is 31.7. The first-order valence-corrected chi connectivity index (χ1v) is 10.7. The zero-order valence-corrected chi connectivity index (χ0v) is 18.2. The van der Waals surface area contributed by atoms with Crippen LogP contribution in [0.25, 0.3) is 11.3 Å². The fourth-order valence-electron chi connectivity index (χ4n) is 4.09. The van der Waals surface area contributed by atoms with Crippen LogP contribution in [0.2, 0.25) is 0 Å². The maximum absolute atomic E-state index is 12.8. The summed E-state index contributed by atoms with van der Waals surface area (Å²) in [5, 5.41) is 15.8. The van der Waals surface area contributed by atoms with Crippen LogP contribution in [0.4, 0.5) is 22.9 Å². The van der Waals surface area contributed by atoms with Gasteiger partial charge in [-0.3, -0.25) is 14.6 Å². The highest BCUT2D eigenvalue weighted by molar-refractivity contribution is 6.01. The monoisotopic (exact) mass is 446 g/mol. The van der Waals surface area contributed by atoms with Gasteiger partial charge in [-0.15, -0.1) is 10.2 Å². The van der Waals surface area contributed by atoms with Crippen LogP contribution >= 0.6 is 0 Å². The van der Waals surface area contributed by atoms with E-state index in [9.17, 15) is 9.59 Å². The van der Waals surface area contributed by atoms with Gasteiger partial charge in [0, 0.05) is 47.4 Å². The van der Waals surface area contributed by atoms with E-state index in [4.69, 9.17) is 4.11 Å². The van der Waals surface area contributed by atoms with Gasteiger partial charge in [0.15, 0.2) is 11.5 Å². The summed E-state index contributed by atoms with van der Waals surface area (Å²) >= 11 is 0. The number of hydrogen-bond acceptors (Lipinski definition) is 7. The number of hydrogen-bond donors (Lipinski definition) is 3. The Bertz CT molecular complexity index is 1360. The lowest BCUT2D eigenvalue weighted by Crippen LogP contribution is -2.27. The number of nitrogens with zero attached hydrogens (tertiary/aromatic N) is 4. The summed E-state index contributed by atoms with van der Waals surface area (Å²) in [6, 6.07) is 11.2. The zero-order valence-electron chi connectivity index (χ0n) is 21.2. The molecule has 33 heavy (non-hydrogen) atoms. The zero-order chi connectivity index (χ0) is 25.6. The molecular weight excluding hydrogens is 418 g/mol. The molecule has 0 radical (unpaired) electrons. The number of fused-ring (bicyclic) bond motifs is 3. The van der Waals surface area contributed by atoms with Gasteiger partial charge in [0.25, 0.3) is 5.91 Å². The fraction of sp³-hybridized carbons (Fsp3) is 0.292. The minimum absolute atomic E-state index is 0.0337. The van der Waals surface area contributed by atoms with E-state index < -0.39 is 12.9 Å². The number of nitrogens with one attached hydrogen (secondary N) is 3. The van der Waals surface area contributed by atoms with Gasteiger partial charge in [0.1, 0.15) is 0 Å². The van der Waals surface area contributed by atoms with E-state index in [0.29, 0.717) is 5.69 Å². The van der Waals surface area contributed by atoms with Crippen LogP contribution in [0.5, 0.6) is 0 Å². The fourth-order valence-corrected chi connectivity index (χ4v) is 4.09. The van der Waals surface area contributed by atoms with Crippen molar-refractivity contribution in [3.05, 3.63) is 53.9 Å². The summed E-state index contributed by atoms with van der Waals surface area (Å²) in [5.41, 5.74) is 4.39. The topological polar surface area (TPSA) is 112 Å². The highest BCUT2D eigenvalue weighted by Crippen LogP contribution is 2.47. The average Bonchev–Trinajstić information content (AvgIpc) is 3.67. The molecule has 1 fully saturated rings. The number of aromatic nitrogens is 3. The standard InChI is InChI=1S/C24H25N7O2/c1-13-15-7-5-11-26-20(15)16-6-4-8-17(22(16)31(13)3)27-18-12-19(28-23(32)14-9-10-14)29-30-21(18)24(33)25-2/h4-8,11-14H,9-10H2,1-3H3,(H,25,33)(H2,27,28,29,32)/t13-/m1/s1/i2D3. The van der Waals surface area contributed by atoms with Gasteiger partial charge in [0.2, 0.25) is 5.91 Å². The Labute approximate surface area is 195 Å². The third-order valence-electron chi connectivity index (χ3n) is 6.11. The highest BCUT2D eigenvalue weighted by atomic mass is 16.2.